The summed E-state index contributed by atoms with van der Waals surface area (Å²) in [5.41, 5.74) is 2.26. The molecule has 6 N–H and O–H groups in total. The minimum absolute atomic E-state index is 0.136. The molecule has 6 aromatic heterocycles. The summed E-state index contributed by atoms with van der Waals surface area (Å²) in [4.78, 5) is 109. The second kappa shape index (κ2) is 39.9. The second-order valence-electron chi connectivity index (χ2n) is 27.1. The van der Waals surface area contributed by atoms with Crippen LogP contribution < -0.4 is 77.0 Å². The standard InChI is InChI=1S/C29H28F2N6O4.C28H28F2N6O4.C27H26F2N6O4/c1-3-26(38)33-20-7-9-24(40-2)22(16-20)34-29-32-17-18-14-25(41-23-8-6-19(30)15-21(23)31)28(39)37(27(18)35-29)13-5-12-36-10-4-11-36;1-5-25(37)32-19-8-10-23(39-4)21(15-19)33-28-31-16-17-13-24(40-22-9-7-18(29)14-20(22)30)27(38)36(26(17)34-28)12-6-11-35(2)3;1-5-24(36)31-18-7-9-22(38-4)20(14-18)32-27-30-15-16-12-23(39-21-8-6-17(28)13-19(21)29)26(37)35(25(16)33-27)11-10-34(2)3/h3,6-9,14-17H,1,4-5,10-13H2,2H3,(H,33,38)(H,32,34,35);5,7-10,13-16H,1,6,11-12H2,2-4H3,(H,32,37)(H,31,33,34);5-9,12-15H,1,10-11H2,2-4H3,(H,31,36)(H,30,32,33). The minimum Gasteiger partial charge on any atom is -0.495 e. The topological polar surface area (TPSA) is 332 Å². The maximum atomic E-state index is 14.3. The molecule has 0 spiro atoms. The molecule has 120 heavy (non-hydrogen) atoms. The number of hydrogen-bond donors (Lipinski definition) is 6. The van der Waals surface area contributed by atoms with Crippen LogP contribution in [0.3, 0.4) is 0 Å². The Bertz CT molecular complexity index is 6050. The average molecular weight is 1650 g/mol. The fourth-order valence-corrected chi connectivity index (χ4v) is 11.9. The fraction of sp³-hybridized carbons (Fsp3) is 0.214. The lowest BCUT2D eigenvalue weighted by Crippen LogP contribution is -2.38. The van der Waals surface area contributed by atoms with Crippen LogP contribution in [0.25, 0.3) is 33.1 Å². The van der Waals surface area contributed by atoms with Crippen LogP contribution in [-0.2, 0) is 34.0 Å². The smallest absolute Gasteiger partial charge is 0.295 e. The maximum Gasteiger partial charge on any atom is 0.295 e. The summed E-state index contributed by atoms with van der Waals surface area (Å²) in [6.07, 6.45) is 10.4. The number of hydrogen-bond acceptors (Lipinski definition) is 24. The van der Waals surface area contributed by atoms with Crippen LogP contribution in [0.4, 0.5) is 78.3 Å². The Labute approximate surface area is 682 Å². The largest absolute Gasteiger partial charge is 0.495 e. The molecule has 30 nitrogen and oxygen atoms in total. The van der Waals surface area contributed by atoms with E-state index in [0.717, 1.165) is 80.7 Å². The molecule has 36 heteroatoms. The summed E-state index contributed by atoms with van der Waals surface area (Å²) in [6, 6.07) is 27.7. The number of likely N-dealkylation sites (N-methyl/N-ethyl adjacent to an activating group) is 1. The molecule has 0 radical (unpaired) electrons. The lowest BCUT2D eigenvalue weighted by molar-refractivity contribution is -0.112. The Morgan fingerprint density at radius 2 is 0.725 bits per heavy atom. The van der Waals surface area contributed by atoms with Crippen molar-refractivity contribution in [2.45, 2.75) is 38.9 Å². The number of ether oxygens (including phenoxy) is 6. The van der Waals surface area contributed by atoms with Gasteiger partial charge in [0, 0.05) is 96.2 Å². The molecule has 622 valence electrons. The van der Waals surface area contributed by atoms with Crippen molar-refractivity contribution in [1.29, 1.82) is 0 Å². The highest BCUT2D eigenvalue weighted by molar-refractivity contribution is 6.01. The Morgan fingerprint density at radius 1 is 0.408 bits per heavy atom. The van der Waals surface area contributed by atoms with Crippen LogP contribution in [0.1, 0.15) is 19.3 Å². The number of nitrogens with one attached hydrogen (secondary N) is 6. The molecule has 0 atom stereocenters. The van der Waals surface area contributed by atoms with Crippen LogP contribution in [0.2, 0.25) is 0 Å². The summed E-state index contributed by atoms with van der Waals surface area (Å²) < 4.78 is 120. The highest BCUT2D eigenvalue weighted by Gasteiger charge is 2.23. The molecule has 1 saturated heterocycles. The van der Waals surface area contributed by atoms with E-state index in [9.17, 15) is 55.1 Å². The van der Waals surface area contributed by atoms with Crippen molar-refractivity contribution in [2.24, 2.45) is 0 Å². The number of aryl methyl sites for hydroxylation is 2. The molecular weight excluding hydrogens is 1570 g/mol. The molecule has 3 amide bonds. The number of anilines is 9. The lowest BCUT2D eigenvalue weighted by Gasteiger charge is -2.30. The Hall–Kier alpha value is -14.5. The molecular formula is C84H82F6N18O12. The summed E-state index contributed by atoms with van der Waals surface area (Å²) in [6.45, 7) is 15.3. The number of nitrogens with zero attached hydrogens (tertiary/aromatic N) is 12. The highest BCUT2D eigenvalue weighted by Crippen LogP contribution is 2.36. The van der Waals surface area contributed by atoms with Crippen molar-refractivity contribution in [3.8, 4) is 51.7 Å². The third-order valence-corrected chi connectivity index (χ3v) is 18.0. The van der Waals surface area contributed by atoms with Gasteiger partial charge in [0.1, 0.15) is 51.6 Å². The minimum atomic E-state index is -0.939. The van der Waals surface area contributed by atoms with Gasteiger partial charge in [-0.2, -0.15) is 15.0 Å². The number of amides is 3. The first-order chi connectivity index (χ1) is 57.7. The number of fused-ring (bicyclic) bond motifs is 3. The van der Waals surface area contributed by atoms with Gasteiger partial charge in [0.15, 0.2) is 51.9 Å². The third-order valence-electron chi connectivity index (χ3n) is 18.0. The summed E-state index contributed by atoms with van der Waals surface area (Å²) in [5.74, 6) is -5.60. The van der Waals surface area contributed by atoms with Crippen molar-refractivity contribution in [2.75, 3.05) is 114 Å². The van der Waals surface area contributed by atoms with Gasteiger partial charge in [-0.05, 0) is 201 Å². The molecule has 12 aromatic rings. The van der Waals surface area contributed by atoms with Crippen molar-refractivity contribution in [3.63, 3.8) is 0 Å². The third kappa shape index (κ3) is 22.2. The van der Waals surface area contributed by atoms with Crippen LogP contribution >= 0.6 is 0 Å². The van der Waals surface area contributed by atoms with Crippen LogP contribution in [0, 0.1) is 34.9 Å². The van der Waals surface area contributed by atoms with Gasteiger partial charge < -0.3 is 75.0 Å². The van der Waals surface area contributed by atoms with E-state index in [0.29, 0.717) is 142 Å². The first kappa shape index (κ1) is 86.3. The Kier molecular flexibility index (Phi) is 28.7. The van der Waals surface area contributed by atoms with E-state index >= 15 is 0 Å². The van der Waals surface area contributed by atoms with Crippen LogP contribution in [0.15, 0.2) is 198 Å². The molecule has 0 saturated carbocycles. The second-order valence-corrected chi connectivity index (χ2v) is 27.1. The molecule has 0 unspecified atom stereocenters. The molecule has 7 heterocycles. The van der Waals surface area contributed by atoms with Gasteiger partial charge >= 0.3 is 0 Å². The van der Waals surface area contributed by atoms with E-state index in [4.69, 9.17) is 28.4 Å². The molecule has 1 aliphatic rings. The van der Waals surface area contributed by atoms with Crippen LogP contribution in [0.5, 0.6) is 51.7 Å². The number of likely N-dealkylation sites (tertiary alicyclic amines) is 1. The van der Waals surface area contributed by atoms with Crippen molar-refractivity contribution in [3.05, 3.63) is 250 Å². The number of aromatic nitrogens is 9. The van der Waals surface area contributed by atoms with Gasteiger partial charge in [-0.1, -0.05) is 19.7 Å². The van der Waals surface area contributed by atoms with E-state index in [1.807, 2.05) is 38.0 Å². The van der Waals surface area contributed by atoms with E-state index in [-0.39, 0.29) is 76.6 Å². The fourth-order valence-electron chi connectivity index (χ4n) is 11.9. The van der Waals surface area contributed by atoms with E-state index in [1.165, 1.54) is 71.8 Å². The predicted molar refractivity (Wildman–Crippen MR) is 443 cm³/mol. The van der Waals surface area contributed by atoms with E-state index < -0.39 is 51.6 Å². The number of carbonyl (C=O) groups excluding carboxylic acids is 3. The van der Waals surface area contributed by atoms with Gasteiger partial charge in [-0.3, -0.25) is 42.5 Å². The monoisotopic (exact) mass is 1650 g/mol. The maximum absolute atomic E-state index is 14.3. The normalized spacial score (nSPS) is 11.6. The number of benzene rings is 6. The quantitative estimate of drug-likeness (QED) is 0.0168. The van der Waals surface area contributed by atoms with Gasteiger partial charge in [0.2, 0.25) is 35.6 Å². The average Bonchev–Trinajstić information content (AvgIpc) is 0.760. The highest BCUT2D eigenvalue weighted by atomic mass is 19.2. The predicted octanol–water partition coefficient (Wildman–Crippen LogP) is 13.8. The van der Waals surface area contributed by atoms with Crippen LogP contribution in [-0.4, -0.2) is 158 Å². The summed E-state index contributed by atoms with van der Waals surface area (Å²) >= 11 is 0. The van der Waals surface area contributed by atoms with Gasteiger partial charge in [0.25, 0.3) is 16.7 Å². The zero-order valence-corrected chi connectivity index (χ0v) is 66.0. The number of halogens is 6. The summed E-state index contributed by atoms with van der Waals surface area (Å²) in [5, 5.41) is 18.7. The molecule has 1 aliphatic heterocycles. The number of carbonyl (C=O) groups is 3. The van der Waals surface area contributed by atoms with Gasteiger partial charge in [-0.25, -0.2) is 41.3 Å². The number of methoxy groups -OCH3 is 3. The number of pyridine rings is 3. The molecule has 0 bridgehead atoms. The first-order valence-electron chi connectivity index (χ1n) is 37.0. The van der Waals surface area contributed by atoms with Gasteiger partial charge in [0.05, 0.1) is 38.4 Å². The van der Waals surface area contributed by atoms with Gasteiger partial charge in [-0.15, -0.1) is 0 Å². The number of rotatable bonds is 32. The SMILES string of the molecule is C=CC(=O)Nc1ccc(OC)c(Nc2ncc3cc(Oc4ccc(F)cc4F)c(=O)n(CCCN(C)C)c3n2)c1.C=CC(=O)Nc1ccc(OC)c(Nc2ncc3cc(Oc4ccc(F)cc4F)c(=O)n(CCCN4CCC4)c3n2)c1.C=CC(=O)Nc1ccc(OC)c(Nc2ncc3cc(Oc4ccc(F)cc4F)c(=O)n(CCN(C)C)c3n2)c1. The van der Waals surface area contributed by atoms with Crippen molar-refractivity contribution < 1.29 is 69.1 Å². The lowest BCUT2D eigenvalue weighted by atomic mass is 10.2. The molecule has 13 rings (SSSR count). The molecule has 6 aromatic carbocycles. The zero-order valence-electron chi connectivity index (χ0n) is 66.0. The Balaban J connectivity index is 0.000000176. The zero-order chi connectivity index (χ0) is 85.8. The molecule has 0 aliphatic carbocycles. The Morgan fingerprint density at radius 3 is 1.02 bits per heavy atom. The van der Waals surface area contributed by atoms with Crippen molar-refractivity contribution in [1.82, 2.24) is 58.3 Å². The first-order valence-corrected chi connectivity index (χ1v) is 37.0. The van der Waals surface area contributed by atoms with E-state index in [1.54, 1.807) is 54.6 Å². The van der Waals surface area contributed by atoms with Crippen molar-refractivity contribution >= 4 is 103 Å². The van der Waals surface area contributed by atoms with E-state index in [2.05, 4.69) is 86.4 Å². The summed E-state index contributed by atoms with van der Waals surface area (Å²) in [7, 11) is 12.0. The molecule has 1 fully saturated rings.